The van der Waals surface area contributed by atoms with Gasteiger partial charge in [-0.2, -0.15) is 13.6 Å². The minimum absolute atomic E-state index is 0.0152. The number of ether oxygens (including phenoxy) is 1. The molecule has 40 heavy (non-hydrogen) atoms. The second kappa shape index (κ2) is 10.8. The molecule has 4 aromatic rings. The topological polar surface area (TPSA) is 102 Å². The maximum absolute atomic E-state index is 14.4. The van der Waals surface area contributed by atoms with E-state index in [-0.39, 0.29) is 29.7 Å². The number of pyridine rings is 1. The molecule has 210 valence electrons. The second-order valence-electron chi connectivity index (χ2n) is 10.3. The Balaban J connectivity index is 1.26. The van der Waals surface area contributed by atoms with Crippen molar-refractivity contribution in [1.82, 2.24) is 35.1 Å². The number of hydrogen-bond acceptors (Lipinski definition) is 7. The second-order valence-corrected chi connectivity index (χ2v) is 10.3. The number of anilines is 1. The number of nitrogens with zero attached hydrogens (tertiary/aromatic N) is 7. The van der Waals surface area contributed by atoms with Gasteiger partial charge in [-0.3, -0.25) is 4.79 Å². The van der Waals surface area contributed by atoms with Crippen LogP contribution in [0, 0.1) is 5.82 Å². The van der Waals surface area contributed by atoms with Crippen LogP contribution in [0.1, 0.15) is 72.2 Å². The molecule has 1 amide bonds. The number of alkyl halides is 2. The van der Waals surface area contributed by atoms with Gasteiger partial charge in [-0.25, -0.2) is 8.91 Å². The molecule has 1 N–H and O–H groups in total. The van der Waals surface area contributed by atoms with Crippen LogP contribution in [0.15, 0.2) is 42.6 Å². The molecule has 1 aliphatic heterocycles. The highest BCUT2D eigenvalue weighted by molar-refractivity contribution is 6.06. The zero-order chi connectivity index (χ0) is 27.8. The molecule has 6 rings (SSSR count). The van der Waals surface area contributed by atoms with Crippen LogP contribution in [-0.2, 0) is 7.05 Å². The number of nitrogens with one attached hydrogen (secondary N) is 1. The molecule has 10 nitrogen and oxygen atoms in total. The molecular weight excluding hydrogens is 525 g/mol. The van der Waals surface area contributed by atoms with Crippen LogP contribution in [0.4, 0.5) is 19.0 Å². The van der Waals surface area contributed by atoms with Crippen LogP contribution >= 0.6 is 0 Å². The summed E-state index contributed by atoms with van der Waals surface area (Å²) in [5, 5.41) is 20.4. The SMILES string of the molecule is Cn1nnc(C2CCC(NC(=O)c3c(N4CCC[C@@H]4c4cc(F)cc(OC(F)F)c4)nn4ccccc34)CC2)n1. The van der Waals surface area contributed by atoms with Crippen molar-refractivity contribution in [3.8, 4) is 5.75 Å². The predicted octanol–water partition coefficient (Wildman–Crippen LogP) is 4.40. The predicted molar refractivity (Wildman–Crippen MR) is 139 cm³/mol. The third-order valence-electron chi connectivity index (χ3n) is 7.73. The number of carbonyl (C=O) groups excluding carboxylic acids is 1. The summed E-state index contributed by atoms with van der Waals surface area (Å²) in [5.41, 5.74) is 1.58. The fourth-order valence-electron chi connectivity index (χ4n) is 5.94. The number of aryl methyl sites for hydroxylation is 1. The van der Waals surface area contributed by atoms with E-state index in [9.17, 15) is 18.0 Å². The molecule has 0 radical (unpaired) electrons. The molecule has 1 atom stereocenters. The number of halogens is 3. The van der Waals surface area contributed by atoms with Crippen LogP contribution in [0.5, 0.6) is 5.75 Å². The van der Waals surface area contributed by atoms with E-state index in [0.717, 1.165) is 44.0 Å². The summed E-state index contributed by atoms with van der Waals surface area (Å²) in [6, 6.07) is 8.83. The number of fused-ring (bicyclic) bond motifs is 1. The Kier molecular flexibility index (Phi) is 7.03. The van der Waals surface area contributed by atoms with Crippen molar-refractivity contribution < 1.29 is 22.7 Å². The first-order chi connectivity index (χ1) is 19.4. The Morgan fingerprint density at radius 1 is 1.10 bits per heavy atom. The maximum Gasteiger partial charge on any atom is 0.387 e. The van der Waals surface area contributed by atoms with Crippen molar-refractivity contribution in [2.24, 2.45) is 7.05 Å². The molecule has 1 saturated heterocycles. The molecule has 13 heteroatoms. The van der Waals surface area contributed by atoms with Crippen LogP contribution < -0.4 is 15.0 Å². The van der Waals surface area contributed by atoms with Gasteiger partial charge in [0.05, 0.1) is 18.6 Å². The molecule has 2 fully saturated rings. The lowest BCUT2D eigenvalue weighted by atomic mass is 9.85. The van der Waals surface area contributed by atoms with Crippen molar-refractivity contribution in [1.29, 1.82) is 0 Å². The quantitative estimate of drug-likeness (QED) is 0.361. The first kappa shape index (κ1) is 26.1. The fourth-order valence-corrected chi connectivity index (χ4v) is 5.94. The third kappa shape index (κ3) is 5.19. The highest BCUT2D eigenvalue weighted by Gasteiger charge is 2.34. The van der Waals surface area contributed by atoms with E-state index in [0.29, 0.717) is 35.4 Å². The maximum atomic E-state index is 14.4. The molecule has 3 aromatic heterocycles. The van der Waals surface area contributed by atoms with Crippen molar-refractivity contribution in [3.63, 3.8) is 0 Å². The first-order valence-corrected chi connectivity index (χ1v) is 13.4. The van der Waals surface area contributed by atoms with Gasteiger partial charge in [0.1, 0.15) is 17.1 Å². The van der Waals surface area contributed by atoms with E-state index in [1.54, 1.807) is 17.8 Å². The van der Waals surface area contributed by atoms with E-state index >= 15 is 0 Å². The molecule has 0 spiro atoms. The Labute approximate surface area is 228 Å². The highest BCUT2D eigenvalue weighted by Crippen LogP contribution is 2.40. The molecular formula is C27H29F3N8O2. The average molecular weight is 555 g/mol. The number of hydrogen-bond donors (Lipinski definition) is 1. The monoisotopic (exact) mass is 554 g/mol. The summed E-state index contributed by atoms with van der Waals surface area (Å²) in [5.74, 6) is 0.284. The lowest BCUT2D eigenvalue weighted by Crippen LogP contribution is -2.38. The molecule has 1 saturated carbocycles. The standard InChI is InChI=1S/C27H29F3N8O2/c1-36-33-24(32-35-36)16-7-9-19(10-8-16)31-26(39)23-22-5-2-3-12-38(22)34-25(23)37-11-4-6-21(37)17-13-18(28)15-20(14-17)40-27(29)30/h2-3,5,12-16,19,21,27H,4,6-11H2,1H3,(H,31,39)/t16?,19?,21-/m1/s1. The van der Waals surface area contributed by atoms with Crippen molar-refractivity contribution in [3.05, 3.63) is 65.4 Å². The number of amides is 1. The molecule has 0 bridgehead atoms. The lowest BCUT2D eigenvalue weighted by Gasteiger charge is -2.29. The lowest BCUT2D eigenvalue weighted by molar-refractivity contribution is -0.0500. The Morgan fingerprint density at radius 2 is 1.93 bits per heavy atom. The van der Waals surface area contributed by atoms with E-state index in [1.807, 2.05) is 23.1 Å². The van der Waals surface area contributed by atoms with E-state index < -0.39 is 12.4 Å². The normalized spacial score (nSPS) is 21.3. The van der Waals surface area contributed by atoms with Gasteiger partial charge in [-0.15, -0.1) is 15.3 Å². The molecule has 0 unspecified atom stereocenters. The number of aromatic nitrogens is 6. The van der Waals surface area contributed by atoms with Gasteiger partial charge < -0.3 is 15.0 Å². The van der Waals surface area contributed by atoms with E-state index in [1.165, 1.54) is 16.9 Å². The smallest absolute Gasteiger partial charge is 0.387 e. The summed E-state index contributed by atoms with van der Waals surface area (Å²) >= 11 is 0. The van der Waals surface area contributed by atoms with Gasteiger partial charge in [0.2, 0.25) is 0 Å². The van der Waals surface area contributed by atoms with Gasteiger partial charge in [-0.05, 0) is 73.6 Å². The van der Waals surface area contributed by atoms with Gasteiger partial charge in [0, 0.05) is 30.8 Å². The first-order valence-electron chi connectivity index (χ1n) is 13.4. The Morgan fingerprint density at radius 3 is 2.67 bits per heavy atom. The zero-order valence-corrected chi connectivity index (χ0v) is 21.9. The van der Waals surface area contributed by atoms with Crippen LogP contribution in [-0.4, -0.2) is 54.9 Å². The summed E-state index contributed by atoms with van der Waals surface area (Å²) in [6.07, 6.45) is 6.44. The van der Waals surface area contributed by atoms with Crippen molar-refractivity contribution in [2.75, 3.05) is 11.4 Å². The fraction of sp³-hybridized carbons (Fsp3) is 0.444. The number of carbonyl (C=O) groups is 1. The Hall–Kier alpha value is -4.16. The van der Waals surface area contributed by atoms with Crippen molar-refractivity contribution >= 4 is 17.2 Å². The number of tetrazole rings is 1. The zero-order valence-electron chi connectivity index (χ0n) is 21.9. The third-order valence-corrected chi connectivity index (χ3v) is 7.73. The highest BCUT2D eigenvalue weighted by atomic mass is 19.3. The van der Waals surface area contributed by atoms with Gasteiger partial charge in [0.15, 0.2) is 11.6 Å². The van der Waals surface area contributed by atoms with Gasteiger partial charge in [-0.1, -0.05) is 6.07 Å². The molecule has 1 aromatic carbocycles. The van der Waals surface area contributed by atoms with E-state index in [4.69, 9.17) is 5.10 Å². The van der Waals surface area contributed by atoms with Crippen LogP contribution in [0.3, 0.4) is 0 Å². The number of benzene rings is 1. The minimum atomic E-state index is -3.06. The average Bonchev–Trinajstić information content (AvgIpc) is 3.66. The van der Waals surface area contributed by atoms with Gasteiger partial charge >= 0.3 is 6.61 Å². The summed E-state index contributed by atoms with van der Waals surface area (Å²) < 4.78 is 46.2. The summed E-state index contributed by atoms with van der Waals surface area (Å²) in [7, 11) is 1.74. The summed E-state index contributed by atoms with van der Waals surface area (Å²) in [6.45, 7) is -2.48. The molecule has 4 heterocycles. The number of rotatable bonds is 7. The molecule has 2 aliphatic rings. The van der Waals surface area contributed by atoms with E-state index in [2.05, 4.69) is 25.5 Å². The minimum Gasteiger partial charge on any atom is -0.435 e. The Bertz CT molecular complexity index is 1510. The van der Waals surface area contributed by atoms with Gasteiger partial charge in [0.25, 0.3) is 5.91 Å². The van der Waals surface area contributed by atoms with Crippen molar-refractivity contribution in [2.45, 2.75) is 63.1 Å². The largest absolute Gasteiger partial charge is 0.435 e. The van der Waals surface area contributed by atoms with Crippen LogP contribution in [0.25, 0.3) is 5.52 Å². The molecule has 1 aliphatic carbocycles. The van der Waals surface area contributed by atoms with Crippen LogP contribution in [0.2, 0.25) is 0 Å². The summed E-state index contributed by atoms with van der Waals surface area (Å²) in [4.78, 5) is 17.2.